The van der Waals surface area contributed by atoms with Crippen molar-refractivity contribution in [3.05, 3.63) is 0 Å². The van der Waals surface area contributed by atoms with Crippen LogP contribution in [0.15, 0.2) is 0 Å². The summed E-state index contributed by atoms with van der Waals surface area (Å²) in [6.07, 6.45) is 0. The summed E-state index contributed by atoms with van der Waals surface area (Å²) in [5.41, 5.74) is 0. The topological polar surface area (TPSA) is 143 Å². The van der Waals surface area contributed by atoms with E-state index in [1.807, 2.05) is 0 Å². The molecule has 0 bridgehead atoms. The first kappa shape index (κ1) is 14.6. The van der Waals surface area contributed by atoms with E-state index in [2.05, 4.69) is 0 Å². The Labute approximate surface area is 88.6 Å². The Balaban J connectivity index is 0. The third-order valence-electron chi connectivity index (χ3n) is 1.12. The Morgan fingerprint density at radius 2 is 0.643 bits per heavy atom. The maximum Gasteiger partial charge on any atom is 2.00 e. The van der Waals surface area contributed by atoms with Gasteiger partial charge in [0.15, 0.2) is 0 Å². The molecule has 0 aromatic heterocycles. The Kier molecular flexibility index (Phi) is 3.24. The fourth-order valence-electron chi connectivity index (χ4n) is 0.250. The van der Waals surface area contributed by atoms with E-state index < -0.39 is 12.9 Å². The zero-order valence-electron chi connectivity index (χ0n) is 6.35. The molecule has 0 saturated carbocycles. The van der Waals surface area contributed by atoms with Crippen LogP contribution in [0.2, 0.25) is 0 Å². The molecule has 0 heterocycles. The molecule has 0 unspecified atom stereocenters. The van der Waals surface area contributed by atoms with Crippen LogP contribution in [0.25, 0.3) is 0 Å². The van der Waals surface area contributed by atoms with Crippen molar-refractivity contribution in [3.8, 4) is 27.5 Å². The van der Waals surface area contributed by atoms with Crippen LogP contribution >= 0.6 is 0 Å². The van der Waals surface area contributed by atoms with Gasteiger partial charge in [-0.05, 0) is 0 Å². The molecule has 0 amide bonds. The third-order valence-corrected chi connectivity index (χ3v) is 9.15. The molecule has 0 aromatic rings. The Hall–Kier alpha value is -1.90. The van der Waals surface area contributed by atoms with Crippen LogP contribution < -0.4 is 0 Å². The molecule has 0 aliphatic rings. The van der Waals surface area contributed by atoms with Crippen LogP contribution in [0.3, 0.4) is 0 Å². The van der Waals surface area contributed by atoms with Gasteiger partial charge in [-0.1, -0.05) is 0 Å². The van der Waals surface area contributed by atoms with Gasteiger partial charge in [0.05, 0.1) is 0 Å². The van der Waals surface area contributed by atoms with Crippen LogP contribution in [-0.4, -0.2) is 0 Å². The second-order valence-electron chi connectivity index (χ2n) is 1.70. The van der Waals surface area contributed by atoms with Crippen LogP contribution in [0.4, 0.5) is 0 Å². The zero-order valence-corrected chi connectivity index (χ0v) is 9.79. The predicted octanol–water partition coefficient (Wildman–Crippen LogP) is 0.0957. The Morgan fingerprint density at radius 3 is 0.643 bits per heavy atom. The van der Waals surface area contributed by atoms with E-state index in [9.17, 15) is 0 Å². The smallest absolute Gasteiger partial charge is 2.00 e. The largest absolute Gasteiger partial charge is 2.00 e. The molecule has 0 atom stereocenters. The number of nitrogens with zero attached hydrogens (tertiary/aromatic N) is 6. The van der Waals surface area contributed by atoms with Gasteiger partial charge in [-0.25, -0.2) is 0 Å². The van der Waals surface area contributed by atoms with E-state index >= 15 is 0 Å². The van der Waals surface area contributed by atoms with Crippen molar-refractivity contribution in [2.24, 2.45) is 0 Å². The minimum atomic E-state index is -6.69. The third kappa shape index (κ3) is 1.06. The van der Waals surface area contributed by atoms with Gasteiger partial charge in [0.2, 0.25) is 0 Å². The van der Waals surface area contributed by atoms with E-state index in [0.29, 0.717) is 0 Å². The van der Waals surface area contributed by atoms with Crippen LogP contribution in [-0.2, 0) is 29.6 Å². The van der Waals surface area contributed by atoms with Gasteiger partial charge in [-0.3, -0.25) is 0 Å². The van der Waals surface area contributed by atoms with Gasteiger partial charge < -0.3 is 0 Å². The van der Waals surface area contributed by atoms with Gasteiger partial charge in [0.1, 0.15) is 0 Å². The summed E-state index contributed by atoms with van der Waals surface area (Å²) in [5, 5.41) is 51.6. The maximum atomic E-state index is 8.60. The molecule has 0 N–H and O–H groups in total. The summed E-state index contributed by atoms with van der Waals surface area (Å²) < 4.78 is 6.44. The van der Waals surface area contributed by atoms with Crippen LogP contribution in [0.1, 0.15) is 0 Å². The molecule has 1 radical (unpaired) electrons. The fraction of sp³-hybridized carbons (Fsp3) is 0. The molecule has 14 heavy (non-hydrogen) atoms. The molecule has 0 spiro atoms. The van der Waals surface area contributed by atoms with Gasteiger partial charge >= 0.3 is 88.7 Å². The summed E-state index contributed by atoms with van der Waals surface area (Å²) in [7, 11) is 0. The van der Waals surface area contributed by atoms with Crippen molar-refractivity contribution in [2.75, 3.05) is 0 Å². The minimum Gasteiger partial charge on any atom is 2.00 e. The maximum absolute atomic E-state index is 8.60. The van der Waals surface area contributed by atoms with Crippen molar-refractivity contribution < 1.29 is 29.6 Å². The standard InChI is InChI=1S/6CN.Co.Ir/c6*1-2;;/q;;;;;;+2;-2. The Morgan fingerprint density at radius 1 is 0.500 bits per heavy atom. The second-order valence-corrected chi connectivity index (χ2v) is 13.9. The average molecular weight is 407 g/mol. The molecular formula is C6CoIrN6. The molecule has 6 nitrogen and oxygen atoms in total. The molecule has 8 heteroatoms. The van der Waals surface area contributed by atoms with E-state index in [4.69, 9.17) is 31.6 Å². The summed E-state index contributed by atoms with van der Waals surface area (Å²) in [6.45, 7) is 0. The van der Waals surface area contributed by atoms with E-state index in [1.54, 1.807) is 0 Å². The van der Waals surface area contributed by atoms with Crippen molar-refractivity contribution >= 4 is 0 Å². The number of nitriles is 6. The van der Waals surface area contributed by atoms with Gasteiger partial charge in [-0.2, -0.15) is 0 Å². The second kappa shape index (κ2) is 3.10. The Bertz CT molecular complexity index is 392. The predicted molar refractivity (Wildman–Crippen MR) is 33.7 cm³/mol. The zero-order chi connectivity index (χ0) is 10.7. The quantitative estimate of drug-likeness (QED) is 0.557. The van der Waals surface area contributed by atoms with E-state index in [-0.39, 0.29) is 16.8 Å². The van der Waals surface area contributed by atoms with Crippen LogP contribution in [0, 0.1) is 59.1 Å². The van der Waals surface area contributed by atoms with Crippen molar-refractivity contribution in [1.29, 1.82) is 31.6 Å². The SMILES string of the molecule is N#[C][Ir-2]([C]#N)([C]#N)([C]#N)([C]#N)[C]#N.[Co+2]. The van der Waals surface area contributed by atoms with Gasteiger partial charge in [0.25, 0.3) is 0 Å². The first-order valence-electron chi connectivity index (χ1n) is 2.34. The van der Waals surface area contributed by atoms with Crippen molar-refractivity contribution in [1.82, 2.24) is 0 Å². The molecule has 0 saturated heterocycles. The number of hydrogen-bond donors (Lipinski definition) is 0. The first-order valence-corrected chi connectivity index (χ1v) is 9.53. The average Bonchev–Trinajstić information content (AvgIpc) is 2.26. The summed E-state index contributed by atoms with van der Waals surface area (Å²) in [5.74, 6) is 0. The molecular weight excluding hydrogens is 407 g/mol. The summed E-state index contributed by atoms with van der Waals surface area (Å²) in [6, 6.07) is 0. The monoisotopic (exact) mass is 408 g/mol. The van der Waals surface area contributed by atoms with Crippen molar-refractivity contribution in [2.45, 2.75) is 0 Å². The van der Waals surface area contributed by atoms with E-state index in [1.165, 1.54) is 0 Å². The van der Waals surface area contributed by atoms with Gasteiger partial charge in [-0.15, -0.1) is 0 Å². The molecule has 0 aliphatic carbocycles. The van der Waals surface area contributed by atoms with Crippen molar-refractivity contribution in [3.63, 3.8) is 0 Å². The molecule has 0 rings (SSSR count). The first-order chi connectivity index (χ1) is 5.97. The molecule has 0 aromatic carbocycles. The molecule has 0 fully saturated rings. The summed E-state index contributed by atoms with van der Waals surface area (Å²) in [4.78, 5) is 0. The molecule has 0 aliphatic heterocycles. The van der Waals surface area contributed by atoms with E-state index in [0.717, 1.165) is 27.5 Å². The normalized spacial score (nSPS) is 12.4. The fourth-order valence-corrected chi connectivity index (χ4v) is 2.05. The summed E-state index contributed by atoms with van der Waals surface area (Å²) >= 11 is -6.69. The minimum absolute atomic E-state index is 0. The molecule has 72 valence electrons. The van der Waals surface area contributed by atoms with Crippen LogP contribution in [0.5, 0.6) is 0 Å². The number of hydrogen-bond acceptors (Lipinski definition) is 6. The van der Waals surface area contributed by atoms with Gasteiger partial charge in [0, 0.05) is 0 Å². The number of rotatable bonds is 0.